The van der Waals surface area contributed by atoms with Crippen molar-refractivity contribution in [3.63, 3.8) is 0 Å². The lowest BCUT2D eigenvalue weighted by molar-refractivity contribution is 0.295. The Morgan fingerprint density at radius 1 is 1.14 bits per heavy atom. The lowest BCUT2D eigenvalue weighted by Gasteiger charge is -2.15. The Kier molecular flexibility index (Phi) is 4.15. The largest absolute Gasteiger partial charge is 0.490 e. The van der Waals surface area contributed by atoms with Crippen molar-refractivity contribution < 1.29 is 13.9 Å². The number of furan rings is 1. The SMILES string of the molecule is Cc1ccc(C(C)NCc2cccc3c2OCCCO3)o1. The Morgan fingerprint density at radius 3 is 2.81 bits per heavy atom. The normalized spacial score (nSPS) is 15.5. The van der Waals surface area contributed by atoms with Crippen LogP contribution in [0, 0.1) is 6.92 Å². The topological polar surface area (TPSA) is 43.6 Å². The van der Waals surface area contributed by atoms with Gasteiger partial charge < -0.3 is 19.2 Å². The lowest BCUT2D eigenvalue weighted by Crippen LogP contribution is -2.18. The number of ether oxygens (including phenoxy) is 2. The van der Waals surface area contributed by atoms with Gasteiger partial charge in [-0.3, -0.25) is 0 Å². The predicted octanol–water partition coefficient (Wildman–Crippen LogP) is 3.60. The number of hydrogen-bond donors (Lipinski definition) is 1. The standard InChI is InChI=1S/C17H21NO3/c1-12-7-8-15(21-12)13(2)18-11-14-5-3-6-16-17(14)20-10-4-9-19-16/h3,5-8,13,18H,4,9-11H2,1-2H3. The van der Waals surface area contributed by atoms with Gasteiger partial charge in [-0.05, 0) is 32.0 Å². The molecule has 1 aromatic carbocycles. The van der Waals surface area contributed by atoms with Crippen LogP contribution in [0.5, 0.6) is 11.5 Å². The first-order valence-electron chi connectivity index (χ1n) is 7.41. The Balaban J connectivity index is 1.70. The summed E-state index contributed by atoms with van der Waals surface area (Å²) in [5, 5.41) is 3.47. The van der Waals surface area contributed by atoms with Crippen molar-refractivity contribution in [3.05, 3.63) is 47.4 Å². The summed E-state index contributed by atoms with van der Waals surface area (Å²) in [5.41, 5.74) is 1.12. The number of nitrogens with one attached hydrogen (secondary N) is 1. The fraction of sp³-hybridized carbons (Fsp3) is 0.412. The van der Waals surface area contributed by atoms with Crippen LogP contribution >= 0.6 is 0 Å². The first kappa shape index (κ1) is 14.0. The molecule has 1 aliphatic heterocycles. The van der Waals surface area contributed by atoms with Gasteiger partial charge in [0, 0.05) is 18.5 Å². The highest BCUT2D eigenvalue weighted by Crippen LogP contribution is 2.33. The Labute approximate surface area is 125 Å². The molecule has 4 heteroatoms. The van der Waals surface area contributed by atoms with Gasteiger partial charge in [-0.15, -0.1) is 0 Å². The molecule has 0 fully saturated rings. The Hall–Kier alpha value is -1.94. The van der Waals surface area contributed by atoms with Gasteiger partial charge in [0.05, 0.1) is 19.3 Å². The smallest absolute Gasteiger partial charge is 0.165 e. The fourth-order valence-electron chi connectivity index (χ4n) is 2.44. The van der Waals surface area contributed by atoms with Crippen molar-refractivity contribution in [1.29, 1.82) is 0 Å². The van der Waals surface area contributed by atoms with E-state index in [9.17, 15) is 0 Å². The van der Waals surface area contributed by atoms with Crippen LogP contribution < -0.4 is 14.8 Å². The van der Waals surface area contributed by atoms with Crippen LogP contribution in [0.1, 0.15) is 36.5 Å². The highest BCUT2D eigenvalue weighted by molar-refractivity contribution is 5.47. The first-order chi connectivity index (χ1) is 10.2. The fourth-order valence-corrected chi connectivity index (χ4v) is 2.44. The zero-order valence-electron chi connectivity index (χ0n) is 12.5. The molecule has 0 radical (unpaired) electrons. The van der Waals surface area contributed by atoms with Crippen LogP contribution in [0.3, 0.4) is 0 Å². The zero-order valence-corrected chi connectivity index (χ0v) is 12.5. The molecule has 0 amide bonds. The number of rotatable bonds is 4. The zero-order chi connectivity index (χ0) is 14.7. The van der Waals surface area contributed by atoms with Crippen LogP contribution in [-0.4, -0.2) is 13.2 Å². The van der Waals surface area contributed by atoms with E-state index in [4.69, 9.17) is 13.9 Å². The van der Waals surface area contributed by atoms with Crippen molar-refractivity contribution in [3.8, 4) is 11.5 Å². The molecule has 1 atom stereocenters. The Bertz CT molecular complexity index is 606. The van der Waals surface area contributed by atoms with Gasteiger partial charge in [0.15, 0.2) is 11.5 Å². The van der Waals surface area contributed by atoms with Crippen LogP contribution in [0.15, 0.2) is 34.7 Å². The predicted molar refractivity (Wildman–Crippen MR) is 80.7 cm³/mol. The second-order valence-corrected chi connectivity index (χ2v) is 5.35. The van der Waals surface area contributed by atoms with Gasteiger partial charge in [0.2, 0.25) is 0 Å². The van der Waals surface area contributed by atoms with Crippen LogP contribution in [-0.2, 0) is 6.54 Å². The van der Waals surface area contributed by atoms with Crippen LogP contribution in [0.4, 0.5) is 0 Å². The maximum atomic E-state index is 5.83. The van der Waals surface area contributed by atoms with E-state index < -0.39 is 0 Å². The minimum Gasteiger partial charge on any atom is -0.490 e. The maximum absolute atomic E-state index is 5.83. The minimum atomic E-state index is 0.154. The third-order valence-electron chi connectivity index (χ3n) is 3.64. The van der Waals surface area contributed by atoms with Crippen molar-refractivity contribution in [2.24, 2.45) is 0 Å². The van der Waals surface area contributed by atoms with Gasteiger partial charge in [0.1, 0.15) is 11.5 Å². The van der Waals surface area contributed by atoms with E-state index in [1.54, 1.807) is 0 Å². The summed E-state index contributed by atoms with van der Waals surface area (Å²) in [6, 6.07) is 10.2. The summed E-state index contributed by atoms with van der Waals surface area (Å²) in [7, 11) is 0. The van der Waals surface area contributed by atoms with Gasteiger partial charge in [-0.2, -0.15) is 0 Å². The number of aryl methyl sites for hydroxylation is 1. The minimum absolute atomic E-state index is 0.154. The third-order valence-corrected chi connectivity index (χ3v) is 3.64. The molecule has 0 saturated carbocycles. The molecule has 2 aromatic rings. The van der Waals surface area contributed by atoms with E-state index in [-0.39, 0.29) is 6.04 Å². The molecule has 3 rings (SSSR count). The molecule has 0 bridgehead atoms. The average Bonchev–Trinajstić information content (AvgIpc) is 2.78. The second-order valence-electron chi connectivity index (χ2n) is 5.35. The van der Waals surface area contributed by atoms with E-state index in [0.717, 1.165) is 35.0 Å². The van der Waals surface area contributed by atoms with E-state index in [1.807, 2.05) is 31.2 Å². The van der Waals surface area contributed by atoms with Crippen LogP contribution in [0.2, 0.25) is 0 Å². The van der Waals surface area contributed by atoms with E-state index in [2.05, 4.69) is 18.3 Å². The molecule has 112 valence electrons. The Morgan fingerprint density at radius 2 is 2.00 bits per heavy atom. The highest BCUT2D eigenvalue weighted by atomic mass is 16.5. The van der Waals surface area contributed by atoms with E-state index in [1.165, 1.54) is 0 Å². The molecule has 0 spiro atoms. The molecular weight excluding hydrogens is 266 g/mol. The molecule has 1 aromatic heterocycles. The van der Waals surface area contributed by atoms with Crippen molar-refractivity contribution in [2.45, 2.75) is 32.9 Å². The monoisotopic (exact) mass is 287 g/mol. The summed E-state index contributed by atoms with van der Waals surface area (Å²) in [4.78, 5) is 0. The highest BCUT2D eigenvalue weighted by Gasteiger charge is 2.15. The molecule has 0 aliphatic carbocycles. The lowest BCUT2D eigenvalue weighted by atomic mass is 10.1. The summed E-state index contributed by atoms with van der Waals surface area (Å²) in [6.45, 7) is 6.19. The van der Waals surface area contributed by atoms with Gasteiger partial charge in [-0.25, -0.2) is 0 Å². The summed E-state index contributed by atoms with van der Waals surface area (Å²) >= 11 is 0. The second kappa shape index (κ2) is 6.22. The molecule has 0 saturated heterocycles. The van der Waals surface area contributed by atoms with Crippen molar-refractivity contribution in [1.82, 2.24) is 5.32 Å². The van der Waals surface area contributed by atoms with Gasteiger partial charge in [0.25, 0.3) is 0 Å². The summed E-state index contributed by atoms with van der Waals surface area (Å²) < 4.78 is 17.2. The van der Waals surface area contributed by atoms with E-state index in [0.29, 0.717) is 19.8 Å². The van der Waals surface area contributed by atoms with Gasteiger partial charge in [-0.1, -0.05) is 12.1 Å². The first-order valence-corrected chi connectivity index (χ1v) is 7.41. The molecule has 2 heterocycles. The molecule has 1 unspecified atom stereocenters. The number of para-hydroxylation sites is 1. The van der Waals surface area contributed by atoms with Crippen molar-refractivity contribution in [2.75, 3.05) is 13.2 Å². The summed E-state index contributed by atoms with van der Waals surface area (Å²) in [6.07, 6.45) is 0.920. The molecule has 21 heavy (non-hydrogen) atoms. The molecule has 1 aliphatic rings. The average molecular weight is 287 g/mol. The molecule has 4 nitrogen and oxygen atoms in total. The molecular formula is C17H21NO3. The number of fused-ring (bicyclic) bond motifs is 1. The van der Waals surface area contributed by atoms with Crippen LogP contribution in [0.25, 0.3) is 0 Å². The molecule has 1 N–H and O–H groups in total. The van der Waals surface area contributed by atoms with Gasteiger partial charge >= 0.3 is 0 Å². The number of hydrogen-bond acceptors (Lipinski definition) is 4. The van der Waals surface area contributed by atoms with Crippen molar-refractivity contribution >= 4 is 0 Å². The third kappa shape index (κ3) is 3.22. The summed E-state index contributed by atoms with van der Waals surface area (Å²) in [5.74, 6) is 3.59. The van der Waals surface area contributed by atoms with E-state index >= 15 is 0 Å². The maximum Gasteiger partial charge on any atom is 0.165 e. The number of benzene rings is 1. The quantitative estimate of drug-likeness (QED) is 0.933.